The molecule has 4 rings (SSSR count). The molecule has 2 aliphatic carbocycles. The third-order valence-corrected chi connectivity index (χ3v) is 5.96. The molecular formula is C18H22FNO2. The molecule has 3 aliphatic rings. The summed E-state index contributed by atoms with van der Waals surface area (Å²) in [6.07, 6.45) is 2.72. The van der Waals surface area contributed by atoms with E-state index in [9.17, 15) is 9.18 Å². The molecule has 0 bridgehead atoms. The van der Waals surface area contributed by atoms with Crippen molar-refractivity contribution in [3.05, 3.63) is 35.6 Å². The number of nitrogens with one attached hydrogen (secondary N) is 1. The molecule has 0 unspecified atom stereocenters. The number of carbonyl (C=O) groups excluding carboxylic acids is 1. The van der Waals surface area contributed by atoms with Crippen LogP contribution < -0.4 is 5.32 Å². The number of amides is 1. The number of benzene rings is 1. The topological polar surface area (TPSA) is 38.3 Å². The Balaban J connectivity index is 1.55. The molecule has 1 heterocycles. The van der Waals surface area contributed by atoms with E-state index in [4.69, 9.17) is 4.74 Å². The monoisotopic (exact) mass is 303 g/mol. The second kappa shape index (κ2) is 4.54. The maximum atomic E-state index is 14.1. The fraction of sp³-hybridized carbons (Fsp3) is 0.611. The average Bonchev–Trinajstić information content (AvgIpc) is 3.16. The van der Waals surface area contributed by atoms with Gasteiger partial charge in [-0.1, -0.05) is 32.0 Å². The van der Waals surface area contributed by atoms with Crippen molar-refractivity contribution >= 4 is 5.91 Å². The van der Waals surface area contributed by atoms with Crippen LogP contribution in [0.5, 0.6) is 0 Å². The van der Waals surface area contributed by atoms with Crippen molar-refractivity contribution in [2.75, 3.05) is 6.61 Å². The van der Waals surface area contributed by atoms with Crippen molar-refractivity contribution in [2.45, 2.75) is 50.7 Å². The summed E-state index contributed by atoms with van der Waals surface area (Å²) in [5.41, 5.74) is -0.141. The molecule has 0 aromatic heterocycles. The predicted molar refractivity (Wildman–Crippen MR) is 80.9 cm³/mol. The van der Waals surface area contributed by atoms with Gasteiger partial charge in [-0.25, -0.2) is 4.39 Å². The van der Waals surface area contributed by atoms with Crippen molar-refractivity contribution in [2.24, 2.45) is 11.3 Å². The number of fused-ring (bicyclic) bond motifs is 1. The lowest BCUT2D eigenvalue weighted by molar-refractivity contribution is -0.139. The highest BCUT2D eigenvalue weighted by atomic mass is 19.1. The van der Waals surface area contributed by atoms with Gasteiger partial charge in [0.25, 0.3) is 0 Å². The second-order valence-electron chi connectivity index (χ2n) is 7.58. The van der Waals surface area contributed by atoms with Crippen molar-refractivity contribution in [3.8, 4) is 0 Å². The maximum absolute atomic E-state index is 14.1. The summed E-state index contributed by atoms with van der Waals surface area (Å²) in [7, 11) is 0. The first kappa shape index (κ1) is 14.2. The Bertz CT molecular complexity index is 623. The van der Waals surface area contributed by atoms with Crippen molar-refractivity contribution < 1.29 is 13.9 Å². The second-order valence-corrected chi connectivity index (χ2v) is 7.58. The van der Waals surface area contributed by atoms with Crippen LogP contribution in [0.1, 0.15) is 38.7 Å². The first-order chi connectivity index (χ1) is 10.5. The molecule has 0 radical (unpaired) electrons. The quantitative estimate of drug-likeness (QED) is 0.932. The lowest BCUT2D eigenvalue weighted by Crippen LogP contribution is -2.67. The van der Waals surface area contributed by atoms with Crippen LogP contribution in [0.15, 0.2) is 24.3 Å². The molecule has 118 valence electrons. The smallest absolute Gasteiger partial charge is 0.231 e. The molecule has 1 aliphatic heterocycles. The fourth-order valence-corrected chi connectivity index (χ4v) is 4.49. The zero-order valence-corrected chi connectivity index (χ0v) is 13.1. The summed E-state index contributed by atoms with van der Waals surface area (Å²) < 4.78 is 19.9. The van der Waals surface area contributed by atoms with Gasteiger partial charge in [-0.05, 0) is 25.3 Å². The Morgan fingerprint density at radius 2 is 2.05 bits per heavy atom. The molecule has 3 atom stereocenters. The highest BCUT2D eigenvalue weighted by molar-refractivity contribution is 5.91. The molecule has 1 aromatic carbocycles. The SMILES string of the molecule is CC1(C)[C@H](NC(=O)C2(c3ccccc3F)CC2)[C@H]2CCO[C@H]21. The van der Waals surface area contributed by atoms with E-state index in [1.165, 1.54) is 6.07 Å². The van der Waals surface area contributed by atoms with Crippen LogP contribution >= 0.6 is 0 Å². The molecule has 1 aromatic rings. The third kappa shape index (κ3) is 1.79. The minimum Gasteiger partial charge on any atom is -0.377 e. The molecular weight excluding hydrogens is 281 g/mol. The Labute approximate surface area is 130 Å². The summed E-state index contributed by atoms with van der Waals surface area (Å²) in [5.74, 6) is 0.126. The van der Waals surface area contributed by atoms with Gasteiger partial charge in [-0.2, -0.15) is 0 Å². The Morgan fingerprint density at radius 3 is 2.73 bits per heavy atom. The Morgan fingerprint density at radius 1 is 1.32 bits per heavy atom. The van der Waals surface area contributed by atoms with Crippen LogP contribution in [-0.2, 0) is 14.9 Å². The third-order valence-electron chi connectivity index (χ3n) is 5.96. The number of carbonyl (C=O) groups is 1. The van der Waals surface area contributed by atoms with E-state index in [1.807, 2.05) is 0 Å². The predicted octanol–water partition coefficient (Wildman–Crippen LogP) is 2.79. The summed E-state index contributed by atoms with van der Waals surface area (Å²) in [4.78, 5) is 12.8. The minimum atomic E-state index is -0.647. The van der Waals surface area contributed by atoms with E-state index < -0.39 is 5.41 Å². The zero-order valence-electron chi connectivity index (χ0n) is 13.1. The molecule has 2 saturated carbocycles. The van der Waals surface area contributed by atoms with E-state index in [1.54, 1.807) is 18.2 Å². The fourth-order valence-electron chi connectivity index (χ4n) is 4.49. The van der Waals surface area contributed by atoms with Gasteiger partial charge in [0.05, 0.1) is 11.5 Å². The molecule has 3 nitrogen and oxygen atoms in total. The summed E-state index contributed by atoms with van der Waals surface area (Å²) in [5, 5.41) is 3.22. The largest absolute Gasteiger partial charge is 0.377 e. The Hall–Kier alpha value is -1.42. The molecule has 1 saturated heterocycles. The van der Waals surface area contributed by atoms with Crippen molar-refractivity contribution in [3.63, 3.8) is 0 Å². The average molecular weight is 303 g/mol. The number of rotatable bonds is 3. The van der Waals surface area contributed by atoms with Gasteiger partial charge >= 0.3 is 0 Å². The first-order valence-electron chi connectivity index (χ1n) is 8.14. The lowest BCUT2D eigenvalue weighted by atomic mass is 9.57. The molecule has 0 spiro atoms. The van der Waals surface area contributed by atoms with Crippen LogP contribution in [0.25, 0.3) is 0 Å². The Kier molecular flexibility index (Phi) is 2.93. The van der Waals surface area contributed by atoms with E-state index in [-0.39, 0.29) is 29.3 Å². The van der Waals surface area contributed by atoms with E-state index in [0.29, 0.717) is 11.5 Å². The van der Waals surface area contributed by atoms with Crippen LogP contribution in [0, 0.1) is 17.2 Å². The number of hydrogen-bond donors (Lipinski definition) is 1. The van der Waals surface area contributed by atoms with Crippen molar-refractivity contribution in [1.29, 1.82) is 0 Å². The maximum Gasteiger partial charge on any atom is 0.231 e. The first-order valence-corrected chi connectivity index (χ1v) is 8.14. The van der Waals surface area contributed by atoms with Crippen LogP contribution in [0.4, 0.5) is 4.39 Å². The van der Waals surface area contributed by atoms with Gasteiger partial charge in [0.15, 0.2) is 0 Å². The molecule has 1 N–H and O–H groups in total. The van der Waals surface area contributed by atoms with Crippen LogP contribution in [-0.4, -0.2) is 24.7 Å². The standard InChI is InChI=1S/C18H22FNO2/c1-17(2)14(11-7-10-22-15(11)17)20-16(21)18(8-9-18)12-5-3-4-6-13(12)19/h3-6,11,14-15H,7-10H2,1-2H3,(H,20,21)/t11-,14-,15-/m1/s1. The molecule has 22 heavy (non-hydrogen) atoms. The molecule has 1 amide bonds. The van der Waals surface area contributed by atoms with Crippen LogP contribution in [0.3, 0.4) is 0 Å². The number of ether oxygens (including phenoxy) is 1. The summed E-state index contributed by atoms with van der Waals surface area (Å²) >= 11 is 0. The van der Waals surface area contributed by atoms with Crippen molar-refractivity contribution in [1.82, 2.24) is 5.32 Å². The molecule has 3 fully saturated rings. The zero-order chi connectivity index (χ0) is 15.5. The van der Waals surface area contributed by atoms with Gasteiger partial charge < -0.3 is 10.1 Å². The summed E-state index contributed by atoms with van der Waals surface area (Å²) in [6.45, 7) is 5.07. The number of halogens is 1. The lowest BCUT2D eigenvalue weighted by Gasteiger charge is -2.54. The minimum absolute atomic E-state index is 0.0129. The van der Waals surface area contributed by atoms with Gasteiger partial charge in [-0.15, -0.1) is 0 Å². The van der Waals surface area contributed by atoms with E-state index in [2.05, 4.69) is 19.2 Å². The highest BCUT2D eigenvalue weighted by Crippen LogP contribution is 2.54. The van der Waals surface area contributed by atoms with Gasteiger partial charge in [0.1, 0.15) is 5.82 Å². The summed E-state index contributed by atoms with van der Waals surface area (Å²) in [6, 6.07) is 6.80. The normalized spacial score (nSPS) is 33.7. The van der Waals surface area contributed by atoms with Gasteiger partial charge in [-0.3, -0.25) is 4.79 Å². The highest BCUT2D eigenvalue weighted by Gasteiger charge is 2.62. The number of hydrogen-bond acceptors (Lipinski definition) is 2. The van der Waals surface area contributed by atoms with Gasteiger partial charge in [0, 0.05) is 29.5 Å². The van der Waals surface area contributed by atoms with Gasteiger partial charge in [0.2, 0.25) is 5.91 Å². The van der Waals surface area contributed by atoms with Crippen LogP contribution in [0.2, 0.25) is 0 Å². The van der Waals surface area contributed by atoms with E-state index in [0.717, 1.165) is 25.9 Å². The van der Waals surface area contributed by atoms with E-state index >= 15 is 0 Å². The molecule has 4 heteroatoms.